The highest BCUT2D eigenvalue weighted by atomic mass is 35.5. The van der Waals surface area contributed by atoms with Gasteiger partial charge in [0.15, 0.2) is 0 Å². The molecule has 0 aromatic heterocycles. The van der Waals surface area contributed by atoms with E-state index in [4.69, 9.17) is 11.6 Å². The maximum atomic E-state index is 6.51. The number of likely N-dealkylation sites (N-methyl/N-ethyl adjacent to an activating group) is 1. The molecular formula is C24H35ClN2. The summed E-state index contributed by atoms with van der Waals surface area (Å²) >= 11 is 6.51. The molecule has 0 spiro atoms. The summed E-state index contributed by atoms with van der Waals surface area (Å²) in [6.45, 7) is 12.0. The first-order chi connectivity index (χ1) is 12.7. The van der Waals surface area contributed by atoms with Crippen LogP contribution < -0.4 is 0 Å². The lowest BCUT2D eigenvalue weighted by Crippen LogP contribution is -2.49. The highest BCUT2D eigenvalue weighted by Gasteiger charge is 2.31. The molecule has 1 atom stereocenters. The Labute approximate surface area is 171 Å². The van der Waals surface area contributed by atoms with Gasteiger partial charge in [0, 0.05) is 30.7 Å². The fourth-order valence-corrected chi connectivity index (χ4v) is 3.78. The van der Waals surface area contributed by atoms with Crippen LogP contribution in [0, 0.1) is 5.41 Å². The third-order valence-corrected chi connectivity index (χ3v) is 5.46. The van der Waals surface area contributed by atoms with Gasteiger partial charge >= 0.3 is 0 Å². The molecule has 0 aliphatic rings. The maximum absolute atomic E-state index is 6.51. The van der Waals surface area contributed by atoms with Gasteiger partial charge in [-0.15, -0.1) is 0 Å². The van der Waals surface area contributed by atoms with Crippen LogP contribution in [-0.4, -0.2) is 36.5 Å². The average Bonchev–Trinajstić information content (AvgIpc) is 2.60. The first-order valence-corrected chi connectivity index (χ1v) is 10.3. The van der Waals surface area contributed by atoms with E-state index in [0.29, 0.717) is 6.04 Å². The second-order valence-corrected chi connectivity index (χ2v) is 9.22. The molecule has 0 saturated carbocycles. The van der Waals surface area contributed by atoms with Crippen molar-refractivity contribution in [1.29, 1.82) is 0 Å². The van der Waals surface area contributed by atoms with Crippen LogP contribution in [0.25, 0.3) is 0 Å². The summed E-state index contributed by atoms with van der Waals surface area (Å²) in [6, 6.07) is 17.6. The molecule has 2 aromatic rings. The first-order valence-electron chi connectivity index (χ1n) is 9.90. The van der Waals surface area contributed by atoms with E-state index in [9.17, 15) is 0 Å². The van der Waals surface area contributed by atoms with Crippen molar-refractivity contribution in [3.05, 3.63) is 70.2 Å². The molecule has 3 heteroatoms. The molecule has 27 heavy (non-hydrogen) atoms. The van der Waals surface area contributed by atoms with Crippen LogP contribution in [0.15, 0.2) is 48.5 Å². The van der Waals surface area contributed by atoms with Gasteiger partial charge in [0.1, 0.15) is 0 Å². The quantitative estimate of drug-likeness (QED) is 0.558. The number of benzene rings is 2. The van der Waals surface area contributed by atoms with Crippen LogP contribution in [0.3, 0.4) is 0 Å². The number of halogens is 1. The lowest BCUT2D eigenvalue weighted by Gasteiger charge is -2.42. The Morgan fingerprint density at radius 3 is 2.19 bits per heavy atom. The van der Waals surface area contributed by atoms with Gasteiger partial charge in [-0.2, -0.15) is 0 Å². The largest absolute Gasteiger partial charge is 0.308 e. The van der Waals surface area contributed by atoms with E-state index in [0.717, 1.165) is 31.1 Å². The lowest BCUT2D eigenvalue weighted by molar-refractivity contribution is 0.0626. The molecule has 0 aliphatic heterocycles. The van der Waals surface area contributed by atoms with Gasteiger partial charge in [0.05, 0.1) is 0 Å². The molecule has 2 nitrogen and oxygen atoms in total. The van der Waals surface area contributed by atoms with Gasteiger partial charge in [-0.1, -0.05) is 81.8 Å². The maximum Gasteiger partial charge on any atom is 0.0451 e. The van der Waals surface area contributed by atoms with Crippen LogP contribution in [-0.2, 0) is 19.5 Å². The van der Waals surface area contributed by atoms with Crippen molar-refractivity contribution in [1.82, 2.24) is 9.80 Å². The van der Waals surface area contributed by atoms with Crippen LogP contribution in [0.4, 0.5) is 0 Å². The molecule has 0 unspecified atom stereocenters. The number of nitrogens with zero attached hydrogens (tertiary/aromatic N) is 2. The molecule has 0 N–H and O–H groups in total. The molecule has 0 amide bonds. The highest BCUT2D eigenvalue weighted by Crippen LogP contribution is 2.29. The van der Waals surface area contributed by atoms with Crippen molar-refractivity contribution >= 4 is 11.6 Å². The minimum absolute atomic E-state index is 0.161. The van der Waals surface area contributed by atoms with Gasteiger partial charge in [-0.25, -0.2) is 0 Å². The third-order valence-electron chi connectivity index (χ3n) is 5.10. The Bertz CT molecular complexity index is 718. The molecular weight excluding hydrogens is 352 g/mol. The minimum Gasteiger partial charge on any atom is -0.308 e. The standard InChI is InChI=1S/C24H35ClN2/c1-7-19-11-10-12-20(15-19)16-27(17-21-13-8-9-14-22(21)25)23(18-26(5)6)24(2,3)4/h8-15,23H,7,16-18H2,1-6H3/t23-/m1/s1. The Hall–Kier alpha value is -1.35. The predicted molar refractivity (Wildman–Crippen MR) is 118 cm³/mol. The zero-order valence-corrected chi connectivity index (χ0v) is 18.6. The van der Waals surface area contributed by atoms with Gasteiger partial charge < -0.3 is 4.90 Å². The second kappa shape index (κ2) is 9.73. The van der Waals surface area contributed by atoms with Gasteiger partial charge in [-0.3, -0.25) is 4.90 Å². The van der Waals surface area contributed by atoms with Gasteiger partial charge in [0.25, 0.3) is 0 Å². The Kier molecular flexibility index (Phi) is 7.91. The van der Waals surface area contributed by atoms with E-state index in [-0.39, 0.29) is 5.41 Å². The number of hydrogen-bond acceptors (Lipinski definition) is 2. The van der Waals surface area contributed by atoms with E-state index in [1.165, 1.54) is 16.7 Å². The SMILES string of the molecule is CCc1cccc(CN(Cc2ccccc2Cl)[C@H](CN(C)C)C(C)(C)C)c1. The van der Waals surface area contributed by atoms with Crippen molar-refractivity contribution in [2.75, 3.05) is 20.6 Å². The number of hydrogen-bond donors (Lipinski definition) is 0. The molecule has 0 saturated heterocycles. The molecule has 2 rings (SSSR count). The predicted octanol–water partition coefficient (Wildman–Crippen LogP) is 5.88. The minimum atomic E-state index is 0.161. The lowest BCUT2D eigenvalue weighted by atomic mass is 9.84. The van der Waals surface area contributed by atoms with Crippen LogP contribution in [0.5, 0.6) is 0 Å². The fourth-order valence-electron chi connectivity index (χ4n) is 3.59. The van der Waals surface area contributed by atoms with E-state index in [1.54, 1.807) is 0 Å². The van der Waals surface area contributed by atoms with Crippen LogP contribution >= 0.6 is 11.6 Å². The van der Waals surface area contributed by atoms with E-state index in [1.807, 2.05) is 12.1 Å². The second-order valence-electron chi connectivity index (χ2n) is 8.81. The molecule has 0 heterocycles. The summed E-state index contributed by atoms with van der Waals surface area (Å²) in [6.07, 6.45) is 1.07. The smallest absolute Gasteiger partial charge is 0.0451 e. The third kappa shape index (κ3) is 6.64. The van der Waals surface area contributed by atoms with Gasteiger partial charge in [-0.05, 0) is 48.7 Å². The Morgan fingerprint density at radius 1 is 0.926 bits per heavy atom. The van der Waals surface area contributed by atoms with Crippen LogP contribution in [0.2, 0.25) is 5.02 Å². The van der Waals surface area contributed by atoms with E-state index < -0.39 is 0 Å². The van der Waals surface area contributed by atoms with Gasteiger partial charge in [0.2, 0.25) is 0 Å². The Balaban J connectivity index is 2.37. The highest BCUT2D eigenvalue weighted by molar-refractivity contribution is 6.31. The van der Waals surface area contributed by atoms with Crippen molar-refractivity contribution in [3.63, 3.8) is 0 Å². The zero-order chi connectivity index (χ0) is 20.0. The molecule has 2 aromatic carbocycles. The molecule has 0 aliphatic carbocycles. The van der Waals surface area contributed by atoms with E-state index in [2.05, 4.69) is 88.0 Å². The molecule has 148 valence electrons. The normalized spacial score (nSPS) is 13.4. The molecule has 0 bridgehead atoms. The topological polar surface area (TPSA) is 6.48 Å². The fraction of sp³-hybridized carbons (Fsp3) is 0.500. The first kappa shape index (κ1) is 21.9. The molecule has 0 radical (unpaired) electrons. The Morgan fingerprint density at radius 2 is 1.59 bits per heavy atom. The monoisotopic (exact) mass is 386 g/mol. The number of rotatable bonds is 8. The van der Waals surface area contributed by atoms with Crippen molar-refractivity contribution in [2.45, 2.75) is 53.2 Å². The summed E-state index contributed by atoms with van der Waals surface area (Å²) in [5.74, 6) is 0. The van der Waals surface area contributed by atoms with Crippen LogP contribution in [0.1, 0.15) is 44.4 Å². The zero-order valence-electron chi connectivity index (χ0n) is 17.8. The van der Waals surface area contributed by atoms with E-state index >= 15 is 0 Å². The summed E-state index contributed by atoms with van der Waals surface area (Å²) in [7, 11) is 4.31. The van der Waals surface area contributed by atoms with Crippen molar-refractivity contribution in [3.8, 4) is 0 Å². The summed E-state index contributed by atoms with van der Waals surface area (Å²) in [5, 5.41) is 0.849. The number of aryl methyl sites for hydroxylation is 1. The van der Waals surface area contributed by atoms with Crippen molar-refractivity contribution in [2.24, 2.45) is 5.41 Å². The summed E-state index contributed by atoms with van der Waals surface area (Å²) in [5.41, 5.74) is 4.12. The summed E-state index contributed by atoms with van der Waals surface area (Å²) in [4.78, 5) is 4.88. The molecule has 0 fully saturated rings. The average molecular weight is 387 g/mol. The van der Waals surface area contributed by atoms with Crippen molar-refractivity contribution < 1.29 is 0 Å². The summed E-state index contributed by atoms with van der Waals surface area (Å²) < 4.78 is 0.